The molecular weight excluding hydrogens is 255 g/mol. The van der Waals surface area contributed by atoms with Crippen molar-refractivity contribution in [2.24, 2.45) is 5.16 Å². The van der Waals surface area contributed by atoms with Crippen LogP contribution in [-0.4, -0.2) is 37.1 Å². The Bertz CT molecular complexity index is 382. The smallest absolute Gasteiger partial charge is 0.230 e. The van der Waals surface area contributed by atoms with E-state index < -0.39 is 5.97 Å². The van der Waals surface area contributed by atoms with E-state index in [-0.39, 0.29) is 0 Å². The van der Waals surface area contributed by atoms with Crippen LogP contribution in [0.25, 0.3) is 0 Å². The number of hydrogen-bond donors (Lipinski definition) is 0. The zero-order chi connectivity index (χ0) is 14.8. The molecule has 0 aromatic rings. The Labute approximate surface area is 121 Å². The minimum atomic E-state index is -0.394. The molecule has 0 unspecified atom stereocenters. The second kappa shape index (κ2) is 9.48. The molecule has 4 heteroatoms. The van der Waals surface area contributed by atoms with Crippen LogP contribution in [-0.2, 0) is 4.84 Å². The van der Waals surface area contributed by atoms with Crippen molar-refractivity contribution in [1.29, 1.82) is 0 Å². The second-order valence-corrected chi connectivity index (χ2v) is 5.00. The normalized spacial score (nSPS) is 20.0. The van der Waals surface area contributed by atoms with Gasteiger partial charge in [-0.3, -0.25) is 4.90 Å². The molecule has 0 aromatic carbocycles. The molecule has 0 aliphatic carbocycles. The van der Waals surface area contributed by atoms with E-state index in [1.807, 2.05) is 12.2 Å². The predicted octanol–water partition coefficient (Wildman–Crippen LogP) is 3.85. The first kappa shape index (κ1) is 16.6. The molecule has 0 bridgehead atoms. The van der Waals surface area contributed by atoms with E-state index in [2.05, 4.69) is 35.0 Å². The van der Waals surface area contributed by atoms with Crippen molar-refractivity contribution in [3.63, 3.8) is 0 Å². The van der Waals surface area contributed by atoms with Gasteiger partial charge in [-0.05, 0) is 44.0 Å². The highest BCUT2D eigenvalue weighted by molar-refractivity contribution is 5.75. The second-order valence-electron chi connectivity index (χ2n) is 5.00. The SMILES string of the molecule is C=C/C(C)=C(\C=C)CN1CCCCC1.FC1=NOCC1. The van der Waals surface area contributed by atoms with E-state index in [0.717, 1.165) is 6.54 Å². The Morgan fingerprint density at radius 3 is 2.40 bits per heavy atom. The molecular formula is C16H25FN2O. The molecule has 1 fully saturated rings. The number of piperidine rings is 1. The molecule has 1 saturated heterocycles. The van der Waals surface area contributed by atoms with Gasteiger partial charge in [0, 0.05) is 6.54 Å². The largest absolute Gasteiger partial charge is 0.393 e. The zero-order valence-electron chi connectivity index (χ0n) is 12.4. The van der Waals surface area contributed by atoms with E-state index in [1.54, 1.807) is 0 Å². The molecule has 2 aliphatic rings. The topological polar surface area (TPSA) is 24.8 Å². The molecule has 0 spiro atoms. The molecule has 0 atom stereocenters. The first-order chi connectivity index (χ1) is 9.67. The summed E-state index contributed by atoms with van der Waals surface area (Å²) in [6.07, 6.45) is 8.31. The van der Waals surface area contributed by atoms with Gasteiger partial charge in [0.25, 0.3) is 0 Å². The average molecular weight is 280 g/mol. The summed E-state index contributed by atoms with van der Waals surface area (Å²) in [6, 6.07) is 0. The fourth-order valence-electron chi connectivity index (χ4n) is 2.13. The van der Waals surface area contributed by atoms with E-state index in [4.69, 9.17) is 0 Å². The van der Waals surface area contributed by atoms with Crippen LogP contribution < -0.4 is 0 Å². The van der Waals surface area contributed by atoms with Crippen LogP contribution in [0.1, 0.15) is 32.6 Å². The number of halogens is 1. The van der Waals surface area contributed by atoms with Crippen LogP contribution in [0.15, 0.2) is 41.6 Å². The quantitative estimate of drug-likeness (QED) is 0.731. The van der Waals surface area contributed by atoms with E-state index in [9.17, 15) is 4.39 Å². The molecule has 0 N–H and O–H groups in total. The Morgan fingerprint density at radius 1 is 1.30 bits per heavy atom. The van der Waals surface area contributed by atoms with E-state index in [0.29, 0.717) is 13.0 Å². The lowest BCUT2D eigenvalue weighted by atomic mass is 10.1. The predicted molar refractivity (Wildman–Crippen MR) is 82.5 cm³/mol. The van der Waals surface area contributed by atoms with Crippen molar-refractivity contribution in [1.82, 2.24) is 4.90 Å². The number of allylic oxidation sites excluding steroid dienone is 2. The molecule has 20 heavy (non-hydrogen) atoms. The van der Waals surface area contributed by atoms with Crippen molar-refractivity contribution in [2.75, 3.05) is 26.2 Å². The summed E-state index contributed by atoms with van der Waals surface area (Å²) < 4.78 is 11.5. The highest BCUT2D eigenvalue weighted by Crippen LogP contribution is 2.13. The van der Waals surface area contributed by atoms with Crippen LogP contribution in [0.3, 0.4) is 0 Å². The monoisotopic (exact) mass is 280 g/mol. The number of likely N-dealkylation sites (tertiary alicyclic amines) is 1. The van der Waals surface area contributed by atoms with Crippen LogP contribution in [0.4, 0.5) is 4.39 Å². The molecule has 0 aromatic heterocycles. The van der Waals surface area contributed by atoms with Crippen molar-refractivity contribution in [3.05, 3.63) is 36.5 Å². The molecule has 3 nitrogen and oxygen atoms in total. The van der Waals surface area contributed by atoms with Gasteiger partial charge >= 0.3 is 0 Å². The van der Waals surface area contributed by atoms with Gasteiger partial charge in [-0.15, -0.1) is 0 Å². The summed E-state index contributed by atoms with van der Waals surface area (Å²) in [5.74, 6) is -0.394. The Kier molecular flexibility index (Phi) is 7.88. The van der Waals surface area contributed by atoms with Crippen LogP contribution in [0.2, 0.25) is 0 Å². The summed E-state index contributed by atoms with van der Waals surface area (Å²) >= 11 is 0. The molecule has 2 rings (SSSR count). The molecule has 0 radical (unpaired) electrons. The Morgan fingerprint density at radius 2 is 2.00 bits per heavy atom. The van der Waals surface area contributed by atoms with Gasteiger partial charge in [0.1, 0.15) is 6.61 Å². The highest BCUT2D eigenvalue weighted by atomic mass is 19.1. The third-order valence-electron chi connectivity index (χ3n) is 3.46. The van der Waals surface area contributed by atoms with Crippen molar-refractivity contribution in [2.45, 2.75) is 32.6 Å². The lowest BCUT2D eigenvalue weighted by Gasteiger charge is -2.27. The maximum absolute atomic E-state index is 11.5. The van der Waals surface area contributed by atoms with Crippen LogP contribution in [0, 0.1) is 0 Å². The maximum atomic E-state index is 11.5. The standard InChI is InChI=1S/C13H21N.C3H4FNO/c1-4-12(3)13(5-2)11-14-9-7-6-8-10-14;4-3-1-2-6-5-3/h4-5H,1-2,6-11H2,3H3;1-2H2/b13-12+;. The van der Waals surface area contributed by atoms with Gasteiger partial charge < -0.3 is 4.84 Å². The minimum absolute atomic E-state index is 0.347. The van der Waals surface area contributed by atoms with Crippen LogP contribution in [0.5, 0.6) is 0 Å². The van der Waals surface area contributed by atoms with Gasteiger partial charge in [-0.1, -0.05) is 36.9 Å². The van der Waals surface area contributed by atoms with Crippen molar-refractivity contribution < 1.29 is 9.23 Å². The number of nitrogens with zero attached hydrogens (tertiary/aromatic N) is 2. The molecule has 0 saturated carbocycles. The lowest BCUT2D eigenvalue weighted by Crippen LogP contribution is -2.31. The molecule has 112 valence electrons. The number of oxime groups is 1. The van der Waals surface area contributed by atoms with Gasteiger partial charge in [-0.25, -0.2) is 0 Å². The summed E-state index contributed by atoms with van der Waals surface area (Å²) in [5, 5.41) is 2.99. The first-order valence-corrected chi connectivity index (χ1v) is 7.18. The van der Waals surface area contributed by atoms with Crippen molar-refractivity contribution in [3.8, 4) is 0 Å². The van der Waals surface area contributed by atoms with Gasteiger partial charge in [0.2, 0.25) is 5.97 Å². The Balaban J connectivity index is 0.000000276. The van der Waals surface area contributed by atoms with Gasteiger partial charge in [0.05, 0.1) is 6.42 Å². The summed E-state index contributed by atoms with van der Waals surface area (Å²) in [6.45, 7) is 13.7. The van der Waals surface area contributed by atoms with Gasteiger partial charge in [-0.2, -0.15) is 4.39 Å². The lowest BCUT2D eigenvalue weighted by molar-refractivity contribution is 0.173. The fourth-order valence-corrected chi connectivity index (χ4v) is 2.13. The molecule has 2 aliphatic heterocycles. The minimum Gasteiger partial charge on any atom is -0.393 e. The number of hydrogen-bond acceptors (Lipinski definition) is 3. The van der Waals surface area contributed by atoms with Crippen LogP contribution >= 0.6 is 0 Å². The fraction of sp³-hybridized carbons (Fsp3) is 0.562. The summed E-state index contributed by atoms with van der Waals surface area (Å²) in [7, 11) is 0. The number of rotatable bonds is 4. The van der Waals surface area contributed by atoms with E-state index >= 15 is 0 Å². The molecule has 2 heterocycles. The van der Waals surface area contributed by atoms with E-state index in [1.165, 1.54) is 43.5 Å². The first-order valence-electron chi connectivity index (χ1n) is 7.18. The zero-order valence-corrected chi connectivity index (χ0v) is 12.4. The highest BCUT2D eigenvalue weighted by Gasteiger charge is 2.10. The van der Waals surface area contributed by atoms with Crippen molar-refractivity contribution >= 4 is 5.97 Å². The third-order valence-corrected chi connectivity index (χ3v) is 3.46. The maximum Gasteiger partial charge on any atom is 0.230 e. The molecule has 0 amide bonds. The average Bonchev–Trinajstić information content (AvgIpc) is 2.97. The third kappa shape index (κ3) is 6.15. The van der Waals surface area contributed by atoms with Gasteiger partial charge in [0.15, 0.2) is 0 Å². The summed E-state index contributed by atoms with van der Waals surface area (Å²) in [4.78, 5) is 6.78. The summed E-state index contributed by atoms with van der Waals surface area (Å²) in [5.41, 5.74) is 2.58. The Hall–Kier alpha value is -1.42.